The summed E-state index contributed by atoms with van der Waals surface area (Å²) in [4.78, 5) is 14.4. The summed E-state index contributed by atoms with van der Waals surface area (Å²) in [6.45, 7) is 1.11. The fourth-order valence-electron chi connectivity index (χ4n) is 3.59. The number of hydrogen-bond acceptors (Lipinski definition) is 6. The Kier molecular flexibility index (Phi) is 6.95. The number of furan rings is 1. The van der Waals surface area contributed by atoms with Gasteiger partial charge >= 0.3 is 0 Å². The number of halogens is 2. The quantitative estimate of drug-likeness (QED) is 0.523. The third-order valence-corrected chi connectivity index (χ3v) is 6.95. The molecule has 10 heteroatoms. The van der Waals surface area contributed by atoms with E-state index in [0.717, 1.165) is 5.39 Å². The minimum atomic E-state index is -3.43. The molecule has 32 heavy (non-hydrogen) atoms. The number of hydrogen-bond donors (Lipinski definition) is 1. The lowest BCUT2D eigenvalue weighted by molar-refractivity contribution is 0.0889. The van der Waals surface area contributed by atoms with E-state index in [2.05, 4.69) is 5.32 Å². The monoisotopic (exact) mass is 496 g/mol. The Hall–Kier alpha value is -2.26. The van der Waals surface area contributed by atoms with E-state index in [1.807, 2.05) is 4.90 Å². The zero-order valence-corrected chi connectivity index (χ0v) is 19.4. The molecule has 4 rings (SSSR count). The molecule has 0 spiro atoms. The lowest BCUT2D eigenvalue weighted by Crippen LogP contribution is -2.46. The van der Waals surface area contributed by atoms with Crippen LogP contribution in [0, 0.1) is 0 Å². The highest BCUT2D eigenvalue weighted by Gasteiger charge is 2.26. The van der Waals surface area contributed by atoms with Crippen molar-refractivity contribution < 1.29 is 22.4 Å². The lowest BCUT2D eigenvalue weighted by Gasteiger charge is -2.31. The van der Waals surface area contributed by atoms with Gasteiger partial charge in [0.15, 0.2) is 21.5 Å². The Morgan fingerprint density at radius 2 is 1.75 bits per heavy atom. The smallest absolute Gasteiger partial charge is 0.287 e. The van der Waals surface area contributed by atoms with E-state index in [4.69, 9.17) is 32.4 Å². The summed E-state index contributed by atoms with van der Waals surface area (Å²) < 4.78 is 35.8. The summed E-state index contributed by atoms with van der Waals surface area (Å²) in [5.41, 5.74) is 0.598. The molecule has 1 aliphatic heterocycles. The zero-order chi connectivity index (χ0) is 22.7. The van der Waals surface area contributed by atoms with E-state index >= 15 is 0 Å². The topological polar surface area (TPSA) is 88.9 Å². The van der Waals surface area contributed by atoms with Gasteiger partial charge in [0, 0.05) is 34.6 Å². The summed E-state index contributed by atoms with van der Waals surface area (Å²) in [7, 11) is -3.43. The first-order valence-electron chi connectivity index (χ1n) is 10.1. The van der Waals surface area contributed by atoms with Gasteiger partial charge in [-0.1, -0.05) is 23.2 Å². The predicted octanol–water partition coefficient (Wildman–Crippen LogP) is 4.34. The molecule has 7 nitrogen and oxygen atoms in total. The highest BCUT2D eigenvalue weighted by molar-refractivity contribution is 7.91. The molecule has 1 N–H and O–H groups in total. The normalized spacial score (nSPS) is 15.7. The number of fused-ring (bicyclic) bond motifs is 1. The summed E-state index contributed by atoms with van der Waals surface area (Å²) in [6.07, 6.45) is 1.29. The van der Waals surface area contributed by atoms with Crippen molar-refractivity contribution in [1.29, 1.82) is 0 Å². The molecular formula is C22H22Cl2N2O5S. The largest absolute Gasteiger partial charge is 0.478 e. The molecule has 170 valence electrons. The zero-order valence-electron chi connectivity index (χ0n) is 17.1. The molecule has 1 aliphatic rings. The van der Waals surface area contributed by atoms with Crippen molar-refractivity contribution in [2.75, 3.05) is 24.9 Å². The lowest BCUT2D eigenvalue weighted by atomic mass is 10.1. The second kappa shape index (κ2) is 9.70. The fraction of sp³-hybridized carbons (Fsp3) is 0.318. The van der Waals surface area contributed by atoms with Crippen LogP contribution in [-0.2, 0) is 9.84 Å². The standard InChI is InChI=1S/C22H22Cl2N2O5S/c23-16-1-4-19(5-2-16)30-14-32(28,29)13-26-9-7-18(8-10-26)25-22(27)21-12-15-11-17(24)3-6-20(15)31-21/h1-6,11-12,18H,7-10,13-14H2,(H,25,27). The average molecular weight is 497 g/mol. The third-order valence-electron chi connectivity index (χ3n) is 5.22. The number of sulfone groups is 1. The second-order valence-corrected chi connectivity index (χ2v) is 10.6. The number of carbonyl (C=O) groups excluding carboxylic acids is 1. The molecular weight excluding hydrogens is 475 g/mol. The summed E-state index contributed by atoms with van der Waals surface area (Å²) >= 11 is 11.8. The fourth-order valence-corrected chi connectivity index (χ4v) is 5.10. The van der Waals surface area contributed by atoms with Gasteiger partial charge < -0.3 is 14.5 Å². The third kappa shape index (κ3) is 5.95. The first-order chi connectivity index (χ1) is 15.3. The van der Waals surface area contributed by atoms with Crippen molar-refractivity contribution in [1.82, 2.24) is 10.2 Å². The minimum absolute atomic E-state index is 0.0522. The Morgan fingerprint density at radius 3 is 2.47 bits per heavy atom. The molecule has 0 bridgehead atoms. The van der Waals surface area contributed by atoms with Crippen LogP contribution in [0.15, 0.2) is 52.9 Å². The molecule has 0 unspecified atom stereocenters. The maximum atomic E-state index is 12.5. The van der Waals surface area contributed by atoms with E-state index < -0.39 is 15.8 Å². The highest BCUT2D eigenvalue weighted by Crippen LogP contribution is 2.23. The van der Waals surface area contributed by atoms with Crippen molar-refractivity contribution in [3.8, 4) is 5.75 Å². The van der Waals surface area contributed by atoms with Crippen LogP contribution in [0.25, 0.3) is 11.0 Å². The maximum absolute atomic E-state index is 12.5. The van der Waals surface area contributed by atoms with Crippen LogP contribution < -0.4 is 10.1 Å². The Labute approximate surface area is 196 Å². The summed E-state index contributed by atoms with van der Waals surface area (Å²) in [5.74, 6) is -0.105. The van der Waals surface area contributed by atoms with E-state index in [1.165, 1.54) is 0 Å². The number of likely N-dealkylation sites (tertiary alicyclic amines) is 1. The van der Waals surface area contributed by atoms with Crippen LogP contribution >= 0.6 is 23.2 Å². The van der Waals surface area contributed by atoms with Crippen molar-refractivity contribution in [3.63, 3.8) is 0 Å². The van der Waals surface area contributed by atoms with Crippen LogP contribution in [0.5, 0.6) is 5.75 Å². The van der Waals surface area contributed by atoms with E-state index in [1.54, 1.807) is 48.5 Å². The van der Waals surface area contributed by atoms with Crippen LogP contribution in [0.1, 0.15) is 23.4 Å². The van der Waals surface area contributed by atoms with Crippen LogP contribution in [-0.4, -0.2) is 50.2 Å². The van der Waals surface area contributed by atoms with Gasteiger partial charge in [-0.3, -0.25) is 9.69 Å². The molecule has 1 amide bonds. The van der Waals surface area contributed by atoms with Gasteiger partial charge in [-0.25, -0.2) is 8.42 Å². The molecule has 1 saturated heterocycles. The van der Waals surface area contributed by atoms with Gasteiger partial charge in [-0.15, -0.1) is 0 Å². The average Bonchev–Trinajstić information content (AvgIpc) is 3.18. The molecule has 0 atom stereocenters. The molecule has 0 saturated carbocycles. The molecule has 0 aliphatic carbocycles. The van der Waals surface area contributed by atoms with Gasteiger partial charge in [0.05, 0.1) is 0 Å². The number of rotatable bonds is 7. The minimum Gasteiger partial charge on any atom is -0.478 e. The first kappa shape index (κ1) is 22.9. The summed E-state index contributed by atoms with van der Waals surface area (Å²) in [5, 5.41) is 4.87. The number of amides is 1. The van der Waals surface area contributed by atoms with Gasteiger partial charge in [-0.05, 0) is 61.4 Å². The van der Waals surface area contributed by atoms with E-state index in [9.17, 15) is 13.2 Å². The molecule has 1 aromatic heterocycles. The van der Waals surface area contributed by atoms with Gasteiger partial charge in [0.1, 0.15) is 17.2 Å². The molecule has 0 radical (unpaired) electrons. The Balaban J connectivity index is 1.25. The van der Waals surface area contributed by atoms with Gasteiger partial charge in [-0.2, -0.15) is 0 Å². The van der Waals surface area contributed by atoms with Crippen LogP contribution in [0.2, 0.25) is 10.0 Å². The molecule has 1 fully saturated rings. The van der Waals surface area contributed by atoms with Crippen molar-refractivity contribution in [3.05, 3.63) is 64.3 Å². The highest BCUT2D eigenvalue weighted by atomic mass is 35.5. The van der Waals surface area contributed by atoms with Gasteiger partial charge in [0.2, 0.25) is 0 Å². The number of carbonyl (C=O) groups is 1. The SMILES string of the molecule is O=C(NC1CCN(CS(=O)(=O)COc2ccc(Cl)cc2)CC1)c1cc2cc(Cl)ccc2o1. The van der Waals surface area contributed by atoms with E-state index in [-0.39, 0.29) is 23.6 Å². The van der Waals surface area contributed by atoms with Gasteiger partial charge in [0.25, 0.3) is 5.91 Å². The molecule has 3 aromatic rings. The van der Waals surface area contributed by atoms with Crippen molar-refractivity contribution >= 4 is 49.9 Å². The number of piperidine rings is 1. The van der Waals surface area contributed by atoms with Crippen LogP contribution in [0.4, 0.5) is 0 Å². The Bertz CT molecular complexity index is 1200. The number of nitrogens with one attached hydrogen (secondary N) is 1. The molecule has 2 heterocycles. The number of nitrogens with zero attached hydrogens (tertiary/aromatic N) is 1. The summed E-state index contributed by atoms with van der Waals surface area (Å²) in [6, 6.07) is 13.3. The predicted molar refractivity (Wildman–Crippen MR) is 124 cm³/mol. The first-order valence-corrected chi connectivity index (χ1v) is 12.7. The molecule has 2 aromatic carbocycles. The number of ether oxygens (including phenoxy) is 1. The van der Waals surface area contributed by atoms with Crippen molar-refractivity contribution in [2.45, 2.75) is 18.9 Å². The maximum Gasteiger partial charge on any atom is 0.287 e. The second-order valence-electron chi connectivity index (χ2n) is 7.75. The van der Waals surface area contributed by atoms with E-state index in [0.29, 0.717) is 47.3 Å². The van der Waals surface area contributed by atoms with Crippen molar-refractivity contribution in [2.24, 2.45) is 0 Å². The number of benzene rings is 2. The Morgan fingerprint density at radius 1 is 1.06 bits per heavy atom. The van der Waals surface area contributed by atoms with Crippen LogP contribution in [0.3, 0.4) is 0 Å².